The number of hydrogen-bond acceptors (Lipinski definition) is 1. The number of likely N-dealkylation sites (N-methyl/N-ethyl adjacent to an activating group) is 1. The van der Waals surface area contributed by atoms with Crippen molar-refractivity contribution in [2.45, 2.75) is 44.1 Å². The van der Waals surface area contributed by atoms with Gasteiger partial charge in [0.2, 0.25) is 0 Å². The molecule has 1 heteroatoms. The molecule has 2 aromatic rings. The zero-order valence-corrected chi connectivity index (χ0v) is 13.1. The van der Waals surface area contributed by atoms with Crippen molar-refractivity contribution in [3.05, 3.63) is 71.3 Å². The van der Waals surface area contributed by atoms with E-state index in [9.17, 15) is 0 Å². The van der Waals surface area contributed by atoms with Gasteiger partial charge in [0.25, 0.3) is 0 Å². The molecule has 0 heterocycles. The SMILES string of the molecule is CNC(Cc1ccccc1C)C1(c2ccccc2)CCC1. The van der Waals surface area contributed by atoms with Gasteiger partial charge in [-0.25, -0.2) is 0 Å². The highest BCUT2D eigenvalue weighted by atomic mass is 14.9. The van der Waals surface area contributed by atoms with Crippen molar-refractivity contribution in [2.24, 2.45) is 0 Å². The van der Waals surface area contributed by atoms with Gasteiger partial charge < -0.3 is 5.32 Å². The normalized spacial score (nSPS) is 18.0. The average Bonchev–Trinajstić information content (AvgIpc) is 2.48. The first-order valence-electron chi connectivity index (χ1n) is 8.03. The third kappa shape index (κ3) is 2.63. The molecule has 0 saturated heterocycles. The summed E-state index contributed by atoms with van der Waals surface area (Å²) in [5.74, 6) is 0. The fraction of sp³-hybridized carbons (Fsp3) is 0.400. The van der Waals surface area contributed by atoms with Gasteiger partial charge in [-0.1, -0.05) is 61.0 Å². The van der Waals surface area contributed by atoms with Crippen molar-refractivity contribution < 1.29 is 0 Å². The van der Waals surface area contributed by atoms with Crippen LogP contribution in [-0.2, 0) is 11.8 Å². The minimum absolute atomic E-state index is 0.318. The molecular formula is C20H25N. The molecule has 1 fully saturated rings. The average molecular weight is 279 g/mol. The summed E-state index contributed by atoms with van der Waals surface area (Å²) < 4.78 is 0. The van der Waals surface area contributed by atoms with E-state index in [1.807, 2.05) is 0 Å². The fourth-order valence-electron chi connectivity index (χ4n) is 3.80. The summed E-state index contributed by atoms with van der Waals surface area (Å²) in [5.41, 5.74) is 4.70. The Morgan fingerprint density at radius 1 is 1.00 bits per heavy atom. The summed E-state index contributed by atoms with van der Waals surface area (Å²) in [6, 6.07) is 20.4. The Kier molecular flexibility index (Phi) is 4.12. The van der Waals surface area contributed by atoms with Crippen LogP contribution in [0.2, 0.25) is 0 Å². The van der Waals surface area contributed by atoms with Gasteiger partial charge in [-0.2, -0.15) is 0 Å². The van der Waals surface area contributed by atoms with E-state index in [4.69, 9.17) is 0 Å². The monoisotopic (exact) mass is 279 g/mol. The predicted octanol–water partition coefficient (Wildman–Crippen LogP) is 4.25. The highest BCUT2D eigenvalue weighted by Gasteiger charge is 2.44. The van der Waals surface area contributed by atoms with Gasteiger partial charge in [-0.05, 0) is 49.9 Å². The first-order valence-corrected chi connectivity index (χ1v) is 8.03. The van der Waals surface area contributed by atoms with Crippen molar-refractivity contribution in [3.8, 4) is 0 Å². The first-order chi connectivity index (χ1) is 10.3. The minimum atomic E-state index is 0.318. The molecule has 0 spiro atoms. The summed E-state index contributed by atoms with van der Waals surface area (Å²) in [6.45, 7) is 2.22. The standard InChI is InChI=1S/C20H25N/c1-16-9-6-7-10-17(16)15-19(21-2)20(13-8-14-20)18-11-4-3-5-12-18/h3-7,9-12,19,21H,8,13-15H2,1-2H3. The summed E-state index contributed by atoms with van der Waals surface area (Å²) in [5, 5.41) is 3.62. The molecule has 0 aromatic heterocycles. The second kappa shape index (κ2) is 6.03. The maximum atomic E-state index is 3.62. The second-order valence-corrected chi connectivity index (χ2v) is 6.35. The highest BCUT2D eigenvalue weighted by molar-refractivity contribution is 5.33. The first kappa shape index (κ1) is 14.3. The molecule has 0 radical (unpaired) electrons. The molecule has 1 nitrogen and oxygen atoms in total. The molecule has 1 aliphatic rings. The Bertz CT molecular complexity index is 584. The largest absolute Gasteiger partial charge is 0.316 e. The second-order valence-electron chi connectivity index (χ2n) is 6.35. The Balaban J connectivity index is 1.90. The van der Waals surface area contributed by atoms with Crippen molar-refractivity contribution in [1.82, 2.24) is 5.32 Å². The molecule has 110 valence electrons. The zero-order chi connectivity index (χ0) is 14.7. The number of rotatable bonds is 5. The van der Waals surface area contributed by atoms with Crippen molar-refractivity contribution in [2.75, 3.05) is 7.05 Å². The van der Waals surface area contributed by atoms with Gasteiger partial charge in [0, 0.05) is 11.5 Å². The number of aryl methyl sites for hydroxylation is 1. The van der Waals surface area contributed by atoms with Crippen LogP contribution >= 0.6 is 0 Å². The van der Waals surface area contributed by atoms with Crippen LogP contribution in [0.4, 0.5) is 0 Å². The van der Waals surface area contributed by atoms with E-state index in [0.29, 0.717) is 11.5 Å². The smallest absolute Gasteiger partial charge is 0.0201 e. The van der Waals surface area contributed by atoms with E-state index in [-0.39, 0.29) is 0 Å². The maximum Gasteiger partial charge on any atom is 0.0201 e. The summed E-state index contributed by atoms with van der Waals surface area (Å²) in [6.07, 6.45) is 5.06. The van der Waals surface area contributed by atoms with E-state index in [1.54, 1.807) is 0 Å². The molecule has 0 aliphatic heterocycles. The van der Waals surface area contributed by atoms with Crippen LogP contribution in [0.3, 0.4) is 0 Å². The predicted molar refractivity (Wildman–Crippen MR) is 89.7 cm³/mol. The topological polar surface area (TPSA) is 12.0 Å². The molecular weight excluding hydrogens is 254 g/mol. The maximum absolute atomic E-state index is 3.62. The quantitative estimate of drug-likeness (QED) is 0.863. The van der Waals surface area contributed by atoms with Crippen LogP contribution < -0.4 is 5.32 Å². The molecule has 1 atom stereocenters. The lowest BCUT2D eigenvalue weighted by molar-refractivity contribution is 0.174. The Morgan fingerprint density at radius 2 is 1.67 bits per heavy atom. The molecule has 21 heavy (non-hydrogen) atoms. The van der Waals surface area contributed by atoms with Crippen LogP contribution in [0.1, 0.15) is 36.0 Å². The van der Waals surface area contributed by atoms with Crippen molar-refractivity contribution in [3.63, 3.8) is 0 Å². The van der Waals surface area contributed by atoms with E-state index >= 15 is 0 Å². The van der Waals surface area contributed by atoms with Crippen molar-refractivity contribution >= 4 is 0 Å². The fourth-order valence-corrected chi connectivity index (χ4v) is 3.80. The van der Waals surface area contributed by atoms with Crippen LogP contribution in [0.25, 0.3) is 0 Å². The molecule has 1 N–H and O–H groups in total. The highest BCUT2D eigenvalue weighted by Crippen LogP contribution is 2.47. The molecule has 0 amide bonds. The van der Waals surface area contributed by atoms with Crippen LogP contribution in [0, 0.1) is 6.92 Å². The van der Waals surface area contributed by atoms with E-state index in [2.05, 4.69) is 73.9 Å². The molecule has 1 aliphatic carbocycles. The summed E-state index contributed by atoms with van der Waals surface area (Å²) >= 11 is 0. The van der Waals surface area contributed by atoms with Gasteiger partial charge in [0.1, 0.15) is 0 Å². The number of benzene rings is 2. The van der Waals surface area contributed by atoms with Gasteiger partial charge in [-0.3, -0.25) is 0 Å². The van der Waals surface area contributed by atoms with Gasteiger partial charge in [0.05, 0.1) is 0 Å². The molecule has 0 bridgehead atoms. The third-order valence-corrected chi connectivity index (χ3v) is 5.30. The number of nitrogens with one attached hydrogen (secondary N) is 1. The zero-order valence-electron chi connectivity index (χ0n) is 13.1. The lowest BCUT2D eigenvalue weighted by Gasteiger charge is -2.48. The molecule has 1 unspecified atom stereocenters. The van der Waals surface area contributed by atoms with Gasteiger partial charge >= 0.3 is 0 Å². The van der Waals surface area contributed by atoms with E-state index in [1.165, 1.54) is 36.0 Å². The van der Waals surface area contributed by atoms with Crippen molar-refractivity contribution in [1.29, 1.82) is 0 Å². The van der Waals surface area contributed by atoms with Crippen LogP contribution in [0.15, 0.2) is 54.6 Å². The lowest BCUT2D eigenvalue weighted by atomic mass is 9.59. The number of hydrogen-bond donors (Lipinski definition) is 1. The molecule has 1 saturated carbocycles. The van der Waals surface area contributed by atoms with Crippen LogP contribution in [0.5, 0.6) is 0 Å². The third-order valence-electron chi connectivity index (χ3n) is 5.30. The van der Waals surface area contributed by atoms with E-state index < -0.39 is 0 Å². The Labute approximate surface area is 128 Å². The van der Waals surface area contributed by atoms with Gasteiger partial charge in [-0.15, -0.1) is 0 Å². The van der Waals surface area contributed by atoms with Gasteiger partial charge in [0.15, 0.2) is 0 Å². The Hall–Kier alpha value is -1.60. The minimum Gasteiger partial charge on any atom is -0.316 e. The Morgan fingerprint density at radius 3 is 2.24 bits per heavy atom. The van der Waals surface area contributed by atoms with Crippen LogP contribution in [-0.4, -0.2) is 13.1 Å². The molecule has 3 rings (SSSR count). The molecule has 2 aromatic carbocycles. The van der Waals surface area contributed by atoms with E-state index in [0.717, 1.165) is 6.42 Å². The lowest BCUT2D eigenvalue weighted by Crippen LogP contribution is -2.52. The summed E-state index contributed by atoms with van der Waals surface area (Å²) in [7, 11) is 2.12. The summed E-state index contributed by atoms with van der Waals surface area (Å²) in [4.78, 5) is 0.